The average molecular weight is 347 g/mol. The molecule has 0 spiro atoms. The van der Waals surface area contributed by atoms with Crippen LogP contribution in [0.3, 0.4) is 0 Å². The number of nitriles is 1. The fourth-order valence-electron chi connectivity index (χ4n) is 2.88. The van der Waals surface area contributed by atoms with E-state index in [-0.39, 0.29) is 11.3 Å². The Balaban J connectivity index is 1.85. The molecule has 0 amide bonds. The SMILES string of the molecule is Cc1ccc(-c2ccc(-n3ccc4[nH]c(=O)c(C#N)c(O)c43)cc2)s1. The Morgan fingerprint density at radius 1 is 1.16 bits per heavy atom. The minimum Gasteiger partial charge on any atom is -0.504 e. The molecule has 6 heteroatoms. The number of rotatable bonds is 2. The summed E-state index contributed by atoms with van der Waals surface area (Å²) in [4.78, 5) is 16.9. The van der Waals surface area contributed by atoms with Gasteiger partial charge in [-0.1, -0.05) is 12.1 Å². The first-order chi connectivity index (χ1) is 12.1. The molecule has 0 radical (unpaired) electrons. The zero-order valence-corrected chi connectivity index (χ0v) is 14.1. The fraction of sp³-hybridized carbons (Fsp3) is 0.0526. The molecule has 3 aromatic heterocycles. The number of fused-ring (bicyclic) bond motifs is 1. The number of aromatic nitrogens is 2. The van der Waals surface area contributed by atoms with Crippen LogP contribution in [0.25, 0.3) is 27.2 Å². The second-order valence-corrected chi connectivity index (χ2v) is 6.98. The van der Waals surface area contributed by atoms with Crippen molar-refractivity contribution < 1.29 is 5.11 Å². The van der Waals surface area contributed by atoms with Gasteiger partial charge in [0.05, 0.1) is 5.52 Å². The molecule has 0 aliphatic rings. The highest BCUT2D eigenvalue weighted by Gasteiger charge is 2.15. The Labute approximate surface area is 147 Å². The molecule has 0 saturated carbocycles. The molecule has 3 heterocycles. The lowest BCUT2D eigenvalue weighted by molar-refractivity contribution is 0.476. The van der Waals surface area contributed by atoms with E-state index in [0.717, 1.165) is 11.3 Å². The number of hydrogen-bond donors (Lipinski definition) is 2. The van der Waals surface area contributed by atoms with Crippen LogP contribution in [0.15, 0.2) is 53.5 Å². The normalized spacial score (nSPS) is 10.9. The highest BCUT2D eigenvalue weighted by atomic mass is 32.1. The van der Waals surface area contributed by atoms with E-state index in [1.807, 2.05) is 24.3 Å². The summed E-state index contributed by atoms with van der Waals surface area (Å²) < 4.78 is 1.75. The van der Waals surface area contributed by atoms with Crippen LogP contribution in [0.5, 0.6) is 5.75 Å². The number of pyridine rings is 1. The smallest absolute Gasteiger partial charge is 0.270 e. The topological polar surface area (TPSA) is 81.8 Å². The fourth-order valence-corrected chi connectivity index (χ4v) is 3.75. The number of H-pyrrole nitrogens is 1. The molecular weight excluding hydrogens is 334 g/mol. The van der Waals surface area contributed by atoms with Gasteiger partial charge in [-0.15, -0.1) is 11.3 Å². The monoisotopic (exact) mass is 347 g/mol. The molecular formula is C19H13N3O2S. The van der Waals surface area contributed by atoms with Crippen LogP contribution in [0.1, 0.15) is 10.4 Å². The predicted octanol–water partition coefficient (Wildman–Crippen LogP) is 3.93. The summed E-state index contributed by atoms with van der Waals surface area (Å²) in [6.07, 6.45) is 1.76. The second kappa shape index (κ2) is 5.65. The molecule has 0 bridgehead atoms. The number of nitrogens with one attached hydrogen (secondary N) is 1. The number of benzene rings is 1. The van der Waals surface area contributed by atoms with Crippen molar-refractivity contribution in [3.05, 3.63) is 69.5 Å². The number of thiophene rings is 1. The summed E-state index contributed by atoms with van der Waals surface area (Å²) in [5.74, 6) is -0.302. The van der Waals surface area contributed by atoms with Crippen LogP contribution < -0.4 is 5.56 Å². The van der Waals surface area contributed by atoms with Crippen molar-refractivity contribution in [3.63, 3.8) is 0 Å². The van der Waals surface area contributed by atoms with Gasteiger partial charge in [-0.2, -0.15) is 5.26 Å². The summed E-state index contributed by atoms with van der Waals surface area (Å²) in [6.45, 7) is 2.07. The molecule has 0 fully saturated rings. The number of aromatic amines is 1. The van der Waals surface area contributed by atoms with Gasteiger partial charge >= 0.3 is 0 Å². The maximum atomic E-state index is 11.8. The van der Waals surface area contributed by atoms with Crippen molar-refractivity contribution in [1.29, 1.82) is 5.26 Å². The Morgan fingerprint density at radius 3 is 2.56 bits per heavy atom. The van der Waals surface area contributed by atoms with Crippen LogP contribution in [0.2, 0.25) is 0 Å². The molecule has 25 heavy (non-hydrogen) atoms. The summed E-state index contributed by atoms with van der Waals surface area (Å²) in [5, 5.41) is 19.4. The molecule has 0 aliphatic carbocycles. The highest BCUT2D eigenvalue weighted by molar-refractivity contribution is 7.15. The van der Waals surface area contributed by atoms with Crippen LogP contribution in [-0.4, -0.2) is 14.7 Å². The first-order valence-corrected chi connectivity index (χ1v) is 8.44. The van der Waals surface area contributed by atoms with Crippen molar-refractivity contribution in [3.8, 4) is 27.9 Å². The van der Waals surface area contributed by atoms with Gasteiger partial charge in [0.25, 0.3) is 5.56 Å². The van der Waals surface area contributed by atoms with Crippen molar-refractivity contribution in [2.75, 3.05) is 0 Å². The summed E-state index contributed by atoms with van der Waals surface area (Å²) in [6, 6.07) is 15.6. The lowest BCUT2D eigenvalue weighted by atomic mass is 10.1. The van der Waals surface area contributed by atoms with E-state index < -0.39 is 5.56 Å². The molecule has 0 aliphatic heterocycles. The molecule has 4 rings (SSSR count). The lowest BCUT2D eigenvalue weighted by Gasteiger charge is -2.08. The van der Waals surface area contributed by atoms with Gasteiger partial charge in [-0.25, -0.2) is 0 Å². The molecule has 0 saturated heterocycles. The second-order valence-electron chi connectivity index (χ2n) is 5.69. The average Bonchev–Trinajstić information content (AvgIpc) is 3.22. The van der Waals surface area contributed by atoms with Crippen LogP contribution >= 0.6 is 11.3 Å². The Hall–Kier alpha value is -3.30. The van der Waals surface area contributed by atoms with E-state index in [2.05, 4.69) is 24.0 Å². The standard InChI is InChI=1S/C19H13N3O2S/c1-11-2-7-16(25-11)12-3-5-13(6-4-12)22-9-8-15-17(22)18(23)14(10-20)19(24)21-15/h2-9H,1H3,(H2,21,23,24). The largest absolute Gasteiger partial charge is 0.504 e. The van der Waals surface area contributed by atoms with Gasteiger partial charge in [0, 0.05) is 21.6 Å². The molecule has 2 N–H and O–H groups in total. The third-order valence-corrected chi connectivity index (χ3v) is 5.15. The molecule has 0 atom stereocenters. The van der Waals surface area contributed by atoms with Crippen LogP contribution in [0, 0.1) is 18.3 Å². The number of aryl methyl sites for hydroxylation is 1. The molecule has 4 aromatic rings. The van der Waals surface area contributed by atoms with Crippen molar-refractivity contribution in [1.82, 2.24) is 9.55 Å². The van der Waals surface area contributed by atoms with Crippen molar-refractivity contribution >= 4 is 22.4 Å². The minimum absolute atomic E-state index is 0.280. The van der Waals surface area contributed by atoms with E-state index in [4.69, 9.17) is 5.26 Å². The quantitative estimate of drug-likeness (QED) is 0.576. The lowest BCUT2D eigenvalue weighted by Crippen LogP contribution is -2.10. The van der Waals surface area contributed by atoms with Gasteiger partial charge in [-0.3, -0.25) is 4.79 Å². The molecule has 1 aromatic carbocycles. The third-order valence-electron chi connectivity index (χ3n) is 4.10. The first-order valence-electron chi connectivity index (χ1n) is 7.62. The maximum absolute atomic E-state index is 11.8. The maximum Gasteiger partial charge on any atom is 0.270 e. The van der Waals surface area contributed by atoms with Gasteiger partial charge < -0.3 is 14.7 Å². The van der Waals surface area contributed by atoms with E-state index in [9.17, 15) is 9.90 Å². The van der Waals surface area contributed by atoms with Gasteiger partial charge in [0.2, 0.25) is 0 Å². The predicted molar refractivity (Wildman–Crippen MR) is 98.3 cm³/mol. The summed E-state index contributed by atoms with van der Waals surface area (Å²) in [7, 11) is 0. The van der Waals surface area contributed by atoms with E-state index in [0.29, 0.717) is 11.0 Å². The van der Waals surface area contributed by atoms with Gasteiger partial charge in [0.1, 0.15) is 11.6 Å². The summed E-state index contributed by atoms with van der Waals surface area (Å²) >= 11 is 1.73. The van der Waals surface area contributed by atoms with E-state index >= 15 is 0 Å². The minimum atomic E-state index is -0.589. The van der Waals surface area contributed by atoms with E-state index in [1.165, 1.54) is 9.75 Å². The Kier molecular flexibility index (Phi) is 3.45. The van der Waals surface area contributed by atoms with Crippen LogP contribution in [0.4, 0.5) is 0 Å². The van der Waals surface area contributed by atoms with Gasteiger partial charge in [0.15, 0.2) is 11.3 Å². The highest BCUT2D eigenvalue weighted by Crippen LogP contribution is 2.31. The summed E-state index contributed by atoms with van der Waals surface area (Å²) in [5.41, 5.74) is 1.98. The number of nitrogens with zero attached hydrogens (tertiary/aromatic N) is 2. The Morgan fingerprint density at radius 2 is 1.92 bits per heavy atom. The van der Waals surface area contributed by atoms with Gasteiger partial charge in [-0.05, 0) is 42.8 Å². The third kappa shape index (κ3) is 2.42. The van der Waals surface area contributed by atoms with Crippen LogP contribution in [-0.2, 0) is 0 Å². The zero-order chi connectivity index (χ0) is 17.6. The number of hydrogen-bond acceptors (Lipinski definition) is 4. The van der Waals surface area contributed by atoms with Crippen molar-refractivity contribution in [2.45, 2.75) is 6.92 Å². The van der Waals surface area contributed by atoms with Crippen molar-refractivity contribution in [2.24, 2.45) is 0 Å². The molecule has 0 unspecified atom stereocenters. The Bertz CT molecular complexity index is 1190. The molecule has 122 valence electrons. The number of aromatic hydroxyl groups is 1. The first kappa shape index (κ1) is 15.2. The zero-order valence-electron chi connectivity index (χ0n) is 13.3. The molecule has 5 nitrogen and oxygen atoms in total. The van der Waals surface area contributed by atoms with E-state index in [1.54, 1.807) is 34.2 Å².